The van der Waals surface area contributed by atoms with Gasteiger partial charge in [-0.3, -0.25) is 9.59 Å². The number of amides is 1. The number of likely N-dealkylation sites (tertiary alicyclic amines) is 1. The highest BCUT2D eigenvalue weighted by molar-refractivity contribution is 5.76. The van der Waals surface area contributed by atoms with Gasteiger partial charge in [0.15, 0.2) is 0 Å². The normalized spacial score (nSPS) is 20.5. The lowest BCUT2D eigenvalue weighted by Crippen LogP contribution is -2.32. The van der Waals surface area contributed by atoms with Gasteiger partial charge in [-0.25, -0.2) is 0 Å². The van der Waals surface area contributed by atoms with E-state index >= 15 is 0 Å². The minimum absolute atomic E-state index is 0.124. The van der Waals surface area contributed by atoms with Gasteiger partial charge in [-0.05, 0) is 32.1 Å². The van der Waals surface area contributed by atoms with Gasteiger partial charge in [0.05, 0.1) is 13.0 Å². The van der Waals surface area contributed by atoms with Crippen molar-refractivity contribution in [2.75, 3.05) is 26.3 Å². The molecule has 5 nitrogen and oxygen atoms in total. The van der Waals surface area contributed by atoms with Crippen molar-refractivity contribution in [3.8, 4) is 0 Å². The maximum atomic E-state index is 11.9. The van der Waals surface area contributed by atoms with Crippen molar-refractivity contribution in [3.05, 3.63) is 0 Å². The molecule has 1 aliphatic heterocycles. The first kappa shape index (κ1) is 15.0. The van der Waals surface area contributed by atoms with Crippen molar-refractivity contribution in [3.63, 3.8) is 0 Å². The molecule has 0 aromatic carbocycles. The van der Waals surface area contributed by atoms with Crippen LogP contribution in [0.4, 0.5) is 0 Å². The summed E-state index contributed by atoms with van der Waals surface area (Å²) in [5.74, 6) is -0.400. The predicted molar refractivity (Wildman–Crippen MR) is 67.3 cm³/mol. The molecule has 1 N–H and O–H groups in total. The molecule has 0 aromatic rings. The molecule has 0 spiro atoms. The fraction of sp³-hybridized carbons (Fsp3) is 0.846. The van der Waals surface area contributed by atoms with Crippen LogP contribution in [0.2, 0.25) is 0 Å². The first-order chi connectivity index (χ1) is 8.63. The second-order valence-corrected chi connectivity index (χ2v) is 4.72. The van der Waals surface area contributed by atoms with Crippen molar-refractivity contribution in [2.45, 2.75) is 39.0 Å². The highest BCUT2D eigenvalue weighted by Gasteiger charge is 2.21. The van der Waals surface area contributed by atoms with Gasteiger partial charge < -0.3 is 14.7 Å². The minimum Gasteiger partial charge on any atom is -0.481 e. The minimum atomic E-state index is -0.740. The van der Waals surface area contributed by atoms with Crippen LogP contribution >= 0.6 is 0 Å². The summed E-state index contributed by atoms with van der Waals surface area (Å²) in [5.41, 5.74) is 0. The molecule has 104 valence electrons. The molecule has 0 aliphatic carbocycles. The molecule has 1 aliphatic rings. The van der Waals surface area contributed by atoms with Gasteiger partial charge in [-0.1, -0.05) is 0 Å². The number of ether oxygens (including phenoxy) is 1. The van der Waals surface area contributed by atoms with E-state index in [2.05, 4.69) is 0 Å². The van der Waals surface area contributed by atoms with E-state index in [1.807, 2.05) is 11.8 Å². The lowest BCUT2D eigenvalue weighted by atomic mass is 9.97. The van der Waals surface area contributed by atoms with Crippen LogP contribution in [0, 0.1) is 5.92 Å². The van der Waals surface area contributed by atoms with Crippen LogP contribution in [-0.4, -0.2) is 48.2 Å². The molecule has 1 heterocycles. The zero-order chi connectivity index (χ0) is 13.4. The fourth-order valence-corrected chi connectivity index (χ4v) is 2.33. The molecule has 0 aromatic heterocycles. The largest absolute Gasteiger partial charge is 0.481 e. The standard InChI is InChI=1S/C13H23NO4/c1-2-18-9-6-12(15)14-7-3-4-11(5-8-14)10-13(16)17/h11H,2-10H2,1H3,(H,16,17)/t11-/m0/s1. The van der Waals surface area contributed by atoms with Crippen LogP contribution in [0.25, 0.3) is 0 Å². The highest BCUT2D eigenvalue weighted by Crippen LogP contribution is 2.21. The number of nitrogens with zero attached hydrogens (tertiary/aromatic N) is 1. The summed E-state index contributed by atoms with van der Waals surface area (Å²) in [4.78, 5) is 24.4. The second-order valence-electron chi connectivity index (χ2n) is 4.72. The first-order valence-electron chi connectivity index (χ1n) is 6.70. The van der Waals surface area contributed by atoms with Crippen LogP contribution < -0.4 is 0 Å². The smallest absolute Gasteiger partial charge is 0.303 e. The Hall–Kier alpha value is -1.10. The summed E-state index contributed by atoms with van der Waals surface area (Å²) in [6.45, 7) is 4.45. The fourth-order valence-electron chi connectivity index (χ4n) is 2.33. The number of carboxylic acid groups (broad SMARTS) is 1. The molecule has 0 unspecified atom stereocenters. The zero-order valence-corrected chi connectivity index (χ0v) is 11.1. The molecule has 1 saturated heterocycles. The summed E-state index contributed by atoms with van der Waals surface area (Å²) in [5, 5.41) is 8.78. The number of carboxylic acids is 1. The molecule has 0 bridgehead atoms. The average Bonchev–Trinajstić information content (AvgIpc) is 2.54. The van der Waals surface area contributed by atoms with Crippen molar-refractivity contribution in [1.82, 2.24) is 4.90 Å². The second kappa shape index (κ2) is 8.08. The molecule has 18 heavy (non-hydrogen) atoms. The Balaban J connectivity index is 2.32. The van der Waals surface area contributed by atoms with Crippen LogP contribution in [-0.2, 0) is 14.3 Å². The van der Waals surface area contributed by atoms with Gasteiger partial charge in [-0.15, -0.1) is 0 Å². The molecule has 1 amide bonds. The van der Waals surface area contributed by atoms with Crippen LogP contribution in [0.5, 0.6) is 0 Å². The molecule has 5 heteroatoms. The van der Waals surface area contributed by atoms with Gasteiger partial charge in [0.25, 0.3) is 0 Å². The molecule has 0 radical (unpaired) electrons. The third kappa shape index (κ3) is 5.49. The Morgan fingerprint density at radius 2 is 2.11 bits per heavy atom. The van der Waals surface area contributed by atoms with E-state index in [4.69, 9.17) is 9.84 Å². The summed E-state index contributed by atoms with van der Waals surface area (Å²) >= 11 is 0. The Morgan fingerprint density at radius 1 is 1.33 bits per heavy atom. The number of rotatable bonds is 6. The Bertz CT molecular complexity index is 280. The summed E-state index contributed by atoms with van der Waals surface area (Å²) in [7, 11) is 0. The van der Waals surface area contributed by atoms with Gasteiger partial charge in [0, 0.05) is 26.1 Å². The van der Waals surface area contributed by atoms with E-state index in [9.17, 15) is 9.59 Å². The van der Waals surface area contributed by atoms with Crippen molar-refractivity contribution < 1.29 is 19.4 Å². The van der Waals surface area contributed by atoms with Crippen LogP contribution in [0.3, 0.4) is 0 Å². The third-order valence-electron chi connectivity index (χ3n) is 3.33. The van der Waals surface area contributed by atoms with E-state index in [-0.39, 0.29) is 18.2 Å². The van der Waals surface area contributed by atoms with Crippen molar-refractivity contribution in [2.24, 2.45) is 5.92 Å². The van der Waals surface area contributed by atoms with E-state index < -0.39 is 5.97 Å². The van der Waals surface area contributed by atoms with Crippen LogP contribution in [0.1, 0.15) is 39.0 Å². The average molecular weight is 257 g/mol. The molecule has 1 atom stereocenters. The number of carbonyl (C=O) groups is 2. The van der Waals surface area contributed by atoms with Crippen molar-refractivity contribution in [1.29, 1.82) is 0 Å². The maximum Gasteiger partial charge on any atom is 0.303 e. The Labute approximate surface area is 108 Å². The molecule has 1 rings (SSSR count). The van der Waals surface area contributed by atoms with E-state index in [0.717, 1.165) is 25.8 Å². The lowest BCUT2D eigenvalue weighted by Gasteiger charge is -2.20. The predicted octanol–water partition coefficient (Wildman–Crippen LogP) is 1.52. The molecule has 0 saturated carbocycles. The Morgan fingerprint density at radius 3 is 2.78 bits per heavy atom. The summed E-state index contributed by atoms with van der Waals surface area (Å²) in [6.07, 6.45) is 3.25. The highest BCUT2D eigenvalue weighted by atomic mass is 16.5. The third-order valence-corrected chi connectivity index (χ3v) is 3.33. The van der Waals surface area contributed by atoms with E-state index in [1.54, 1.807) is 0 Å². The molecule has 1 fully saturated rings. The summed E-state index contributed by atoms with van der Waals surface area (Å²) in [6, 6.07) is 0. The van der Waals surface area contributed by atoms with Gasteiger partial charge in [-0.2, -0.15) is 0 Å². The SMILES string of the molecule is CCOCCC(=O)N1CCC[C@H](CC(=O)O)CC1. The van der Waals surface area contributed by atoms with Gasteiger partial charge >= 0.3 is 5.97 Å². The zero-order valence-electron chi connectivity index (χ0n) is 11.1. The monoisotopic (exact) mass is 257 g/mol. The van der Waals surface area contributed by atoms with Gasteiger partial charge in [0.2, 0.25) is 5.91 Å². The number of hydrogen-bond acceptors (Lipinski definition) is 3. The first-order valence-corrected chi connectivity index (χ1v) is 6.70. The van der Waals surface area contributed by atoms with Crippen LogP contribution in [0.15, 0.2) is 0 Å². The number of aliphatic carboxylic acids is 1. The van der Waals surface area contributed by atoms with Gasteiger partial charge in [0.1, 0.15) is 0 Å². The van der Waals surface area contributed by atoms with Crippen molar-refractivity contribution >= 4 is 11.9 Å². The Kier molecular flexibility index (Phi) is 6.72. The summed E-state index contributed by atoms with van der Waals surface area (Å²) < 4.78 is 5.17. The number of hydrogen-bond donors (Lipinski definition) is 1. The van der Waals surface area contributed by atoms with E-state index in [1.165, 1.54) is 0 Å². The molecular formula is C13H23NO4. The van der Waals surface area contributed by atoms with E-state index in [0.29, 0.717) is 26.2 Å². The maximum absolute atomic E-state index is 11.9. The number of carbonyl (C=O) groups excluding carboxylic acids is 1. The topological polar surface area (TPSA) is 66.8 Å². The molecular weight excluding hydrogens is 234 g/mol. The quantitative estimate of drug-likeness (QED) is 0.732. The lowest BCUT2D eigenvalue weighted by molar-refractivity contribution is -0.138.